The van der Waals surface area contributed by atoms with Crippen LogP contribution in [0.3, 0.4) is 0 Å². The van der Waals surface area contributed by atoms with Crippen LogP contribution in [0.5, 0.6) is 0 Å². The SMILES string of the molecule is COC1CCC(C(=O)O)C(CC(O)C(Cc2ccccc2)NC(=O)C(CSc2cccc3ccccc23)NS(C)(=O)=O)C1. The van der Waals surface area contributed by atoms with Gasteiger partial charge in [-0.3, -0.25) is 9.59 Å². The molecule has 0 aliphatic heterocycles. The van der Waals surface area contributed by atoms with Crippen molar-refractivity contribution in [3.05, 3.63) is 78.4 Å². The molecule has 6 unspecified atom stereocenters. The number of sulfonamides is 1. The zero-order valence-electron chi connectivity index (χ0n) is 24.4. The number of rotatable bonds is 14. The summed E-state index contributed by atoms with van der Waals surface area (Å²) in [7, 11) is -2.14. The first kappa shape index (κ1) is 32.9. The number of methoxy groups -OCH3 is 1. The molecule has 1 aliphatic carbocycles. The van der Waals surface area contributed by atoms with Crippen LogP contribution in [-0.4, -0.2) is 73.9 Å². The van der Waals surface area contributed by atoms with Crippen molar-refractivity contribution >= 4 is 44.4 Å². The number of carboxylic acid groups (broad SMARTS) is 1. The van der Waals surface area contributed by atoms with E-state index >= 15 is 0 Å². The number of benzene rings is 3. The van der Waals surface area contributed by atoms with E-state index in [2.05, 4.69) is 10.0 Å². The lowest BCUT2D eigenvalue weighted by Crippen LogP contribution is -2.54. The van der Waals surface area contributed by atoms with Crippen LogP contribution in [-0.2, 0) is 30.8 Å². The number of thioether (sulfide) groups is 1. The van der Waals surface area contributed by atoms with Crippen molar-refractivity contribution < 1.29 is 33.0 Å². The van der Waals surface area contributed by atoms with Gasteiger partial charge in [-0.25, -0.2) is 13.1 Å². The minimum atomic E-state index is -3.74. The monoisotopic (exact) mass is 628 g/mol. The molecule has 1 fully saturated rings. The largest absolute Gasteiger partial charge is 0.481 e. The van der Waals surface area contributed by atoms with Gasteiger partial charge in [-0.15, -0.1) is 11.8 Å². The van der Waals surface area contributed by atoms with Crippen LogP contribution < -0.4 is 10.0 Å². The van der Waals surface area contributed by atoms with E-state index in [0.717, 1.165) is 27.5 Å². The van der Waals surface area contributed by atoms with E-state index in [1.165, 1.54) is 11.8 Å². The van der Waals surface area contributed by atoms with Gasteiger partial charge in [0.2, 0.25) is 15.9 Å². The number of aliphatic carboxylic acids is 1. The maximum Gasteiger partial charge on any atom is 0.306 e. The summed E-state index contributed by atoms with van der Waals surface area (Å²) in [6.07, 6.45) is 1.87. The first-order valence-corrected chi connectivity index (χ1v) is 17.3. The highest BCUT2D eigenvalue weighted by atomic mass is 32.2. The van der Waals surface area contributed by atoms with Gasteiger partial charge in [0.15, 0.2) is 0 Å². The average Bonchev–Trinajstić information content (AvgIpc) is 2.98. The van der Waals surface area contributed by atoms with E-state index < -0.39 is 46.0 Å². The van der Waals surface area contributed by atoms with Gasteiger partial charge in [0.25, 0.3) is 0 Å². The van der Waals surface area contributed by atoms with Crippen LogP contribution in [0.2, 0.25) is 0 Å². The number of fused-ring (bicyclic) bond motifs is 1. The minimum Gasteiger partial charge on any atom is -0.481 e. The second-order valence-electron chi connectivity index (χ2n) is 11.2. The molecule has 4 rings (SSSR count). The topological polar surface area (TPSA) is 142 Å². The lowest BCUT2D eigenvalue weighted by Gasteiger charge is -2.36. The number of amides is 1. The summed E-state index contributed by atoms with van der Waals surface area (Å²) >= 11 is 1.37. The molecular formula is C32H40N2O7S2. The zero-order valence-corrected chi connectivity index (χ0v) is 26.0. The third-order valence-electron chi connectivity index (χ3n) is 8.05. The van der Waals surface area contributed by atoms with Crippen LogP contribution in [0.25, 0.3) is 10.8 Å². The molecule has 0 heterocycles. The zero-order chi connectivity index (χ0) is 31.0. The Balaban J connectivity index is 1.54. The molecule has 0 bridgehead atoms. The smallest absolute Gasteiger partial charge is 0.306 e. The number of carbonyl (C=O) groups is 2. The van der Waals surface area contributed by atoms with Crippen molar-refractivity contribution in [1.29, 1.82) is 0 Å². The van der Waals surface area contributed by atoms with E-state index in [0.29, 0.717) is 19.3 Å². The molecule has 0 radical (unpaired) electrons. The Labute approximate surface area is 257 Å². The Morgan fingerprint density at radius 2 is 1.72 bits per heavy atom. The summed E-state index contributed by atoms with van der Waals surface area (Å²) in [5.41, 5.74) is 0.873. The Morgan fingerprint density at radius 3 is 2.42 bits per heavy atom. The van der Waals surface area contributed by atoms with E-state index in [4.69, 9.17) is 4.74 Å². The lowest BCUT2D eigenvalue weighted by atomic mass is 9.74. The van der Waals surface area contributed by atoms with Gasteiger partial charge in [0, 0.05) is 17.8 Å². The predicted molar refractivity (Wildman–Crippen MR) is 168 cm³/mol. The van der Waals surface area contributed by atoms with E-state index in [9.17, 15) is 28.2 Å². The molecule has 0 spiro atoms. The van der Waals surface area contributed by atoms with Crippen LogP contribution in [0.15, 0.2) is 77.7 Å². The van der Waals surface area contributed by atoms with Crippen molar-refractivity contribution in [2.24, 2.45) is 11.8 Å². The highest BCUT2D eigenvalue weighted by molar-refractivity contribution is 7.99. The van der Waals surface area contributed by atoms with E-state index in [-0.39, 0.29) is 30.6 Å². The minimum absolute atomic E-state index is 0.0932. The maximum atomic E-state index is 13.7. The second-order valence-corrected chi connectivity index (χ2v) is 14.1. The van der Waals surface area contributed by atoms with Gasteiger partial charge in [0.1, 0.15) is 6.04 Å². The standard InChI is InChI=1S/C32H40N2O7S2/c1-41-24-15-16-26(32(37)38)23(18-24)19-29(35)27(17-21-9-4-3-5-10-21)33-31(36)28(34-43(2,39)40)20-42-30-14-8-12-22-11-6-7-13-25(22)30/h3-14,23-24,26-29,34-35H,15-20H2,1-2H3,(H,33,36)(H,37,38). The Morgan fingerprint density at radius 1 is 1.02 bits per heavy atom. The highest BCUT2D eigenvalue weighted by Gasteiger charge is 2.38. The number of aliphatic hydroxyl groups is 1. The Hall–Kier alpha value is -2.96. The van der Waals surface area contributed by atoms with E-state index in [1.807, 2.05) is 72.8 Å². The number of carbonyl (C=O) groups excluding carboxylic acids is 1. The van der Waals surface area contributed by atoms with Crippen LogP contribution in [0.4, 0.5) is 0 Å². The molecule has 0 aromatic heterocycles. The summed E-state index contributed by atoms with van der Waals surface area (Å²) in [5, 5.41) is 26.3. The van der Waals surface area contributed by atoms with Gasteiger partial charge >= 0.3 is 5.97 Å². The molecule has 11 heteroatoms. The molecule has 43 heavy (non-hydrogen) atoms. The molecule has 3 aromatic rings. The number of aliphatic hydroxyl groups excluding tert-OH is 1. The number of ether oxygens (including phenoxy) is 1. The van der Waals surface area contributed by atoms with E-state index in [1.54, 1.807) is 7.11 Å². The fourth-order valence-corrected chi connectivity index (χ4v) is 7.76. The van der Waals surface area contributed by atoms with Crippen molar-refractivity contribution in [2.75, 3.05) is 19.1 Å². The summed E-state index contributed by atoms with van der Waals surface area (Å²) in [4.78, 5) is 26.6. The Kier molecular flexibility index (Phi) is 11.6. The van der Waals surface area contributed by atoms with Gasteiger partial charge < -0.3 is 20.3 Å². The molecule has 9 nitrogen and oxygen atoms in total. The normalized spacial score (nSPS) is 21.1. The second kappa shape index (κ2) is 15.2. The maximum absolute atomic E-state index is 13.7. The fraction of sp³-hybridized carbons (Fsp3) is 0.438. The lowest BCUT2D eigenvalue weighted by molar-refractivity contribution is -0.147. The first-order valence-electron chi connectivity index (χ1n) is 14.4. The number of hydrogen-bond acceptors (Lipinski definition) is 7. The third kappa shape index (κ3) is 9.51. The Bertz CT molecular complexity index is 1480. The summed E-state index contributed by atoms with van der Waals surface area (Å²) in [5.74, 6) is -2.30. The van der Waals surface area contributed by atoms with Crippen molar-refractivity contribution in [2.45, 2.75) is 61.3 Å². The fourth-order valence-electron chi connectivity index (χ4n) is 5.85. The molecule has 1 saturated carbocycles. The molecule has 1 amide bonds. The molecule has 1 aliphatic rings. The summed E-state index contributed by atoms with van der Waals surface area (Å²) in [6, 6.07) is 21.2. The van der Waals surface area contributed by atoms with Crippen LogP contribution in [0, 0.1) is 11.8 Å². The molecule has 4 N–H and O–H groups in total. The van der Waals surface area contributed by atoms with Gasteiger partial charge in [-0.1, -0.05) is 66.7 Å². The molecule has 232 valence electrons. The van der Waals surface area contributed by atoms with Crippen LogP contribution in [0.1, 0.15) is 31.2 Å². The predicted octanol–water partition coefficient (Wildman–Crippen LogP) is 3.84. The number of hydrogen-bond donors (Lipinski definition) is 4. The highest BCUT2D eigenvalue weighted by Crippen LogP contribution is 2.35. The van der Waals surface area contributed by atoms with Gasteiger partial charge in [-0.2, -0.15) is 0 Å². The molecule has 0 saturated heterocycles. The first-order chi connectivity index (χ1) is 20.5. The third-order valence-corrected chi connectivity index (χ3v) is 9.93. The summed E-state index contributed by atoms with van der Waals surface area (Å²) in [6.45, 7) is 0. The van der Waals surface area contributed by atoms with Gasteiger partial charge in [-0.05, 0) is 60.4 Å². The summed E-state index contributed by atoms with van der Waals surface area (Å²) < 4.78 is 32.5. The number of nitrogens with one attached hydrogen (secondary N) is 2. The van der Waals surface area contributed by atoms with Crippen molar-refractivity contribution in [1.82, 2.24) is 10.0 Å². The van der Waals surface area contributed by atoms with Crippen molar-refractivity contribution in [3.63, 3.8) is 0 Å². The quantitative estimate of drug-likeness (QED) is 0.197. The molecular weight excluding hydrogens is 588 g/mol. The number of carboxylic acids is 1. The average molecular weight is 629 g/mol. The molecule has 3 aromatic carbocycles. The van der Waals surface area contributed by atoms with Crippen molar-refractivity contribution in [3.8, 4) is 0 Å². The van der Waals surface area contributed by atoms with Crippen LogP contribution >= 0.6 is 11.8 Å². The van der Waals surface area contributed by atoms with Gasteiger partial charge in [0.05, 0.1) is 30.4 Å². The molecule has 6 atom stereocenters.